The van der Waals surface area contributed by atoms with Crippen LogP contribution in [0.5, 0.6) is 0 Å². The molecule has 1 N–H and O–H groups in total. The summed E-state index contributed by atoms with van der Waals surface area (Å²) in [4.78, 5) is 6.50. The van der Waals surface area contributed by atoms with E-state index in [4.69, 9.17) is 4.52 Å². The number of rotatable bonds is 7. The summed E-state index contributed by atoms with van der Waals surface area (Å²) in [5, 5.41) is 3.75. The summed E-state index contributed by atoms with van der Waals surface area (Å²) in [6.45, 7) is 7.55. The second kappa shape index (κ2) is 9.40. The number of nitrogens with one attached hydrogen (secondary N) is 1. The topological polar surface area (TPSA) is 88.3 Å². The second-order valence-corrected chi connectivity index (χ2v) is 10.3. The highest BCUT2D eigenvalue weighted by atomic mass is 79.9. The molecule has 1 saturated heterocycles. The first-order chi connectivity index (χ1) is 13.7. The van der Waals surface area contributed by atoms with Gasteiger partial charge in [0.15, 0.2) is 5.82 Å². The largest absolute Gasteiger partial charge is 0.370 e. The van der Waals surface area contributed by atoms with E-state index < -0.39 is 10.0 Å². The van der Waals surface area contributed by atoms with E-state index in [1.807, 2.05) is 6.07 Å². The molecule has 0 aliphatic carbocycles. The molecule has 29 heavy (non-hydrogen) atoms. The molecule has 0 amide bonds. The van der Waals surface area contributed by atoms with Crippen LogP contribution in [0.3, 0.4) is 0 Å². The molecule has 2 aromatic rings. The van der Waals surface area contributed by atoms with Crippen molar-refractivity contribution in [2.45, 2.75) is 51.5 Å². The molecule has 3 rings (SSSR count). The van der Waals surface area contributed by atoms with E-state index in [0.717, 1.165) is 42.5 Å². The molecule has 0 bridgehead atoms. The number of benzene rings is 1. The van der Waals surface area contributed by atoms with Gasteiger partial charge in [0.05, 0.1) is 12.2 Å². The van der Waals surface area contributed by atoms with Gasteiger partial charge in [0.25, 0.3) is 0 Å². The summed E-state index contributed by atoms with van der Waals surface area (Å²) in [6, 6.07) is 5.28. The smallest absolute Gasteiger partial charge is 0.243 e. The lowest BCUT2D eigenvalue weighted by molar-refractivity contribution is 0.387. The Morgan fingerprint density at radius 2 is 2.21 bits per heavy atom. The highest BCUT2D eigenvalue weighted by Gasteiger charge is 2.26. The maximum absolute atomic E-state index is 13.0. The number of aryl methyl sites for hydroxylation is 1. The molecule has 0 saturated carbocycles. The number of nitrogens with zero attached hydrogens (tertiary/aromatic N) is 3. The fourth-order valence-electron chi connectivity index (χ4n) is 3.49. The number of anilines is 1. The van der Waals surface area contributed by atoms with Gasteiger partial charge < -0.3 is 9.42 Å². The molecule has 1 aromatic heterocycles. The van der Waals surface area contributed by atoms with Crippen molar-refractivity contribution in [2.75, 3.05) is 18.0 Å². The van der Waals surface area contributed by atoms with Crippen LogP contribution >= 0.6 is 15.9 Å². The molecule has 9 heteroatoms. The minimum atomic E-state index is -3.74. The molecule has 1 unspecified atom stereocenters. The molecule has 2 heterocycles. The lowest BCUT2D eigenvalue weighted by Crippen LogP contribution is -2.37. The van der Waals surface area contributed by atoms with Crippen LogP contribution in [-0.2, 0) is 16.6 Å². The van der Waals surface area contributed by atoms with E-state index in [0.29, 0.717) is 17.6 Å². The normalized spacial score (nSPS) is 17.4. The van der Waals surface area contributed by atoms with E-state index in [9.17, 15) is 8.42 Å². The zero-order valence-corrected chi connectivity index (χ0v) is 19.4. The van der Waals surface area contributed by atoms with Gasteiger partial charge in [-0.15, -0.1) is 0 Å². The predicted molar refractivity (Wildman–Crippen MR) is 116 cm³/mol. The summed E-state index contributed by atoms with van der Waals surface area (Å²) in [6.07, 6.45) is 5.49. The fraction of sp³-hybridized carbons (Fsp3) is 0.500. The molecule has 158 valence electrons. The molecule has 1 aliphatic rings. The average Bonchev–Trinajstić information content (AvgIpc) is 3.10. The first-order valence-electron chi connectivity index (χ1n) is 9.71. The third-order valence-electron chi connectivity index (χ3n) is 4.92. The Hall–Kier alpha value is -1.71. The maximum atomic E-state index is 13.0. The fourth-order valence-corrected chi connectivity index (χ4v) is 5.03. The molecule has 1 atom stereocenters. The Labute approximate surface area is 180 Å². The van der Waals surface area contributed by atoms with E-state index in [1.165, 1.54) is 5.57 Å². The Morgan fingerprint density at radius 3 is 2.90 bits per heavy atom. The van der Waals surface area contributed by atoms with Gasteiger partial charge in [0.1, 0.15) is 4.90 Å². The number of aromatic nitrogens is 2. The Morgan fingerprint density at radius 1 is 1.41 bits per heavy atom. The van der Waals surface area contributed by atoms with E-state index in [-0.39, 0.29) is 11.4 Å². The van der Waals surface area contributed by atoms with Crippen LogP contribution < -0.4 is 9.62 Å². The quantitative estimate of drug-likeness (QED) is 0.595. The van der Waals surface area contributed by atoms with Crippen molar-refractivity contribution in [2.24, 2.45) is 5.92 Å². The van der Waals surface area contributed by atoms with Gasteiger partial charge in [-0.2, -0.15) is 4.98 Å². The number of piperidine rings is 1. The van der Waals surface area contributed by atoms with Gasteiger partial charge in [-0.05, 0) is 57.2 Å². The minimum Gasteiger partial charge on any atom is -0.370 e. The first-order valence-corrected chi connectivity index (χ1v) is 12.0. The van der Waals surface area contributed by atoms with Crippen molar-refractivity contribution in [3.8, 4) is 0 Å². The Bertz CT molecular complexity index is 983. The van der Waals surface area contributed by atoms with Crippen molar-refractivity contribution >= 4 is 31.6 Å². The average molecular weight is 483 g/mol. The van der Waals surface area contributed by atoms with Gasteiger partial charge in [0, 0.05) is 24.5 Å². The first kappa shape index (κ1) is 22.0. The lowest BCUT2D eigenvalue weighted by Gasteiger charge is -2.35. The lowest BCUT2D eigenvalue weighted by atomic mass is 9.93. The van der Waals surface area contributed by atoms with Crippen molar-refractivity contribution < 1.29 is 12.9 Å². The zero-order chi connectivity index (χ0) is 21.0. The summed E-state index contributed by atoms with van der Waals surface area (Å²) in [5.41, 5.74) is 2.03. The highest BCUT2D eigenvalue weighted by molar-refractivity contribution is 9.10. The second-order valence-electron chi connectivity index (χ2n) is 7.64. The van der Waals surface area contributed by atoms with Gasteiger partial charge in [-0.25, -0.2) is 13.1 Å². The third-order valence-corrected chi connectivity index (χ3v) is 6.86. The number of halogens is 1. The van der Waals surface area contributed by atoms with Crippen LogP contribution in [0.25, 0.3) is 0 Å². The molecule has 0 radical (unpaired) electrons. The zero-order valence-electron chi connectivity index (χ0n) is 17.0. The van der Waals surface area contributed by atoms with Gasteiger partial charge >= 0.3 is 0 Å². The molecule has 0 spiro atoms. The van der Waals surface area contributed by atoms with E-state index in [2.05, 4.69) is 55.6 Å². The summed E-state index contributed by atoms with van der Waals surface area (Å²) < 4.78 is 34.4. The van der Waals surface area contributed by atoms with Gasteiger partial charge in [-0.3, -0.25) is 0 Å². The number of sulfonamides is 1. The van der Waals surface area contributed by atoms with Gasteiger partial charge in [0.2, 0.25) is 15.9 Å². The van der Waals surface area contributed by atoms with Crippen LogP contribution in [-0.4, -0.2) is 31.6 Å². The standard InChI is InChI=1S/C20H27BrN4O3S/c1-14(2)6-7-16-5-4-10-25(13-16)18-11-17(21)8-9-19(18)29(26,27)22-12-20-23-15(3)28-24-20/h6,8-9,11,16,22H,4-5,7,10,12-13H2,1-3H3. The monoisotopic (exact) mass is 482 g/mol. The number of hydrogen-bond donors (Lipinski definition) is 1. The van der Waals surface area contributed by atoms with Crippen LogP contribution in [0.1, 0.15) is 44.8 Å². The maximum Gasteiger partial charge on any atom is 0.243 e. The summed E-state index contributed by atoms with van der Waals surface area (Å²) >= 11 is 3.49. The third kappa shape index (κ3) is 5.90. The molecular weight excluding hydrogens is 456 g/mol. The summed E-state index contributed by atoms with van der Waals surface area (Å²) in [5.74, 6) is 1.23. The van der Waals surface area contributed by atoms with Crippen molar-refractivity contribution in [1.29, 1.82) is 0 Å². The number of hydrogen-bond acceptors (Lipinski definition) is 6. The SMILES string of the molecule is CC(C)=CCC1CCCN(c2cc(Br)ccc2S(=O)(=O)NCc2noc(C)n2)C1. The Kier molecular flexibility index (Phi) is 7.13. The van der Waals surface area contributed by atoms with Crippen LogP contribution in [0.2, 0.25) is 0 Å². The Balaban J connectivity index is 1.82. The van der Waals surface area contributed by atoms with E-state index >= 15 is 0 Å². The van der Waals surface area contributed by atoms with Crippen molar-refractivity contribution in [1.82, 2.24) is 14.9 Å². The predicted octanol–water partition coefficient (Wildman–Crippen LogP) is 4.19. The molecule has 7 nitrogen and oxygen atoms in total. The van der Waals surface area contributed by atoms with Crippen LogP contribution in [0, 0.1) is 12.8 Å². The van der Waals surface area contributed by atoms with Crippen molar-refractivity contribution in [3.63, 3.8) is 0 Å². The molecular formula is C20H27BrN4O3S. The summed E-state index contributed by atoms with van der Waals surface area (Å²) in [7, 11) is -3.74. The van der Waals surface area contributed by atoms with Crippen LogP contribution in [0.15, 0.2) is 43.7 Å². The van der Waals surface area contributed by atoms with Gasteiger partial charge in [-0.1, -0.05) is 32.7 Å². The van der Waals surface area contributed by atoms with Crippen LogP contribution in [0.4, 0.5) is 5.69 Å². The minimum absolute atomic E-state index is 0.0155. The number of allylic oxidation sites excluding steroid dienone is 2. The van der Waals surface area contributed by atoms with Crippen molar-refractivity contribution in [3.05, 3.63) is 46.0 Å². The van der Waals surface area contributed by atoms with E-state index in [1.54, 1.807) is 19.1 Å². The molecule has 1 aromatic carbocycles. The molecule has 1 aliphatic heterocycles. The molecule has 1 fully saturated rings. The highest BCUT2D eigenvalue weighted by Crippen LogP contribution is 2.33.